The van der Waals surface area contributed by atoms with Gasteiger partial charge in [-0.2, -0.15) is 0 Å². The van der Waals surface area contributed by atoms with Gasteiger partial charge in [-0.1, -0.05) is 38.1 Å². The van der Waals surface area contributed by atoms with Crippen LogP contribution in [0, 0.1) is 0 Å². The minimum atomic E-state index is -0.104. The standard InChI is InChI=1S/C20H26N2O3/c1-15(2)17-6-8-19(9-7-17)25-11-10-21-20(24)13-22-18-5-3-4-16(12-18)14-23/h3-9,12,15,22-23H,10-11,13-14H2,1-2H3,(H,21,24). The Morgan fingerprint density at radius 3 is 2.60 bits per heavy atom. The molecule has 5 heteroatoms. The summed E-state index contributed by atoms with van der Waals surface area (Å²) in [7, 11) is 0. The van der Waals surface area contributed by atoms with Gasteiger partial charge < -0.3 is 20.5 Å². The molecule has 0 aliphatic carbocycles. The molecular weight excluding hydrogens is 316 g/mol. The van der Waals surface area contributed by atoms with Gasteiger partial charge in [0.1, 0.15) is 12.4 Å². The van der Waals surface area contributed by atoms with Gasteiger partial charge in [-0.3, -0.25) is 4.79 Å². The zero-order chi connectivity index (χ0) is 18.1. The SMILES string of the molecule is CC(C)c1ccc(OCCNC(=O)CNc2cccc(CO)c2)cc1. The van der Waals surface area contributed by atoms with Crippen LogP contribution in [-0.4, -0.2) is 30.7 Å². The Morgan fingerprint density at radius 1 is 1.16 bits per heavy atom. The Bertz CT molecular complexity index is 669. The van der Waals surface area contributed by atoms with Crippen LogP contribution in [0.5, 0.6) is 5.75 Å². The van der Waals surface area contributed by atoms with Crippen molar-refractivity contribution in [1.29, 1.82) is 0 Å². The molecule has 3 N–H and O–H groups in total. The van der Waals surface area contributed by atoms with Gasteiger partial charge in [0.15, 0.2) is 0 Å². The minimum absolute atomic E-state index is 0.0167. The summed E-state index contributed by atoms with van der Waals surface area (Å²) < 4.78 is 5.62. The van der Waals surface area contributed by atoms with Crippen LogP contribution in [0.2, 0.25) is 0 Å². The summed E-state index contributed by atoms with van der Waals surface area (Å²) in [6.45, 7) is 5.34. The van der Waals surface area contributed by atoms with Crippen molar-refractivity contribution < 1.29 is 14.6 Å². The van der Waals surface area contributed by atoms with E-state index < -0.39 is 0 Å². The maximum absolute atomic E-state index is 11.8. The first-order valence-electron chi connectivity index (χ1n) is 8.51. The van der Waals surface area contributed by atoms with E-state index in [0.29, 0.717) is 19.1 Å². The van der Waals surface area contributed by atoms with Gasteiger partial charge in [-0.15, -0.1) is 0 Å². The van der Waals surface area contributed by atoms with Crippen molar-refractivity contribution in [1.82, 2.24) is 5.32 Å². The first-order chi connectivity index (χ1) is 12.1. The van der Waals surface area contributed by atoms with Gasteiger partial charge in [-0.05, 0) is 41.3 Å². The Hall–Kier alpha value is -2.53. The van der Waals surface area contributed by atoms with Gasteiger partial charge in [0, 0.05) is 5.69 Å². The van der Waals surface area contributed by atoms with Crippen molar-refractivity contribution in [3.8, 4) is 5.75 Å². The van der Waals surface area contributed by atoms with E-state index in [9.17, 15) is 4.79 Å². The first-order valence-corrected chi connectivity index (χ1v) is 8.51. The Labute approximate surface area is 149 Å². The molecule has 0 heterocycles. The van der Waals surface area contributed by atoms with Crippen LogP contribution in [0.25, 0.3) is 0 Å². The molecule has 0 bridgehead atoms. The molecule has 0 unspecified atom stereocenters. The topological polar surface area (TPSA) is 70.6 Å². The number of ether oxygens (including phenoxy) is 1. The van der Waals surface area contributed by atoms with E-state index in [1.54, 1.807) is 0 Å². The highest BCUT2D eigenvalue weighted by Crippen LogP contribution is 2.18. The molecule has 0 saturated heterocycles. The quantitative estimate of drug-likeness (QED) is 0.613. The molecule has 5 nitrogen and oxygen atoms in total. The molecule has 0 aliphatic rings. The van der Waals surface area contributed by atoms with Crippen LogP contribution in [0.3, 0.4) is 0 Å². The summed E-state index contributed by atoms with van der Waals surface area (Å²) in [5.74, 6) is 1.20. The minimum Gasteiger partial charge on any atom is -0.492 e. The lowest BCUT2D eigenvalue weighted by Gasteiger charge is -2.10. The van der Waals surface area contributed by atoms with E-state index in [2.05, 4.69) is 36.6 Å². The van der Waals surface area contributed by atoms with Crippen LogP contribution >= 0.6 is 0 Å². The maximum Gasteiger partial charge on any atom is 0.239 e. The molecule has 0 aromatic heterocycles. The van der Waals surface area contributed by atoms with Crippen LogP contribution in [-0.2, 0) is 11.4 Å². The normalized spacial score (nSPS) is 10.6. The molecule has 0 saturated carbocycles. The van der Waals surface area contributed by atoms with E-state index in [1.807, 2.05) is 36.4 Å². The number of aliphatic hydroxyl groups is 1. The number of amides is 1. The predicted octanol–water partition coefficient (Wildman–Crippen LogP) is 2.91. The molecular formula is C20H26N2O3. The fraction of sp³-hybridized carbons (Fsp3) is 0.350. The van der Waals surface area contributed by atoms with Crippen molar-refractivity contribution in [2.45, 2.75) is 26.4 Å². The molecule has 0 spiro atoms. The number of nitrogens with one attached hydrogen (secondary N) is 2. The Kier molecular flexibility index (Phi) is 7.29. The number of hydrogen-bond acceptors (Lipinski definition) is 4. The number of aliphatic hydroxyl groups excluding tert-OH is 1. The van der Waals surface area contributed by atoms with Crippen molar-refractivity contribution in [2.75, 3.05) is 25.0 Å². The Balaban J connectivity index is 1.65. The lowest BCUT2D eigenvalue weighted by atomic mass is 10.0. The maximum atomic E-state index is 11.8. The highest BCUT2D eigenvalue weighted by Gasteiger charge is 2.02. The van der Waals surface area contributed by atoms with Gasteiger partial charge in [-0.25, -0.2) is 0 Å². The van der Waals surface area contributed by atoms with E-state index in [0.717, 1.165) is 17.0 Å². The second-order valence-electron chi connectivity index (χ2n) is 6.13. The average Bonchev–Trinajstić information content (AvgIpc) is 2.64. The highest BCUT2D eigenvalue weighted by molar-refractivity contribution is 5.80. The lowest BCUT2D eigenvalue weighted by molar-refractivity contribution is -0.119. The van der Waals surface area contributed by atoms with E-state index in [-0.39, 0.29) is 19.1 Å². The number of hydrogen-bond donors (Lipinski definition) is 3. The van der Waals surface area contributed by atoms with Crippen LogP contribution in [0.4, 0.5) is 5.69 Å². The van der Waals surface area contributed by atoms with E-state index >= 15 is 0 Å². The van der Waals surface area contributed by atoms with Crippen LogP contribution < -0.4 is 15.4 Å². The fourth-order valence-corrected chi connectivity index (χ4v) is 2.33. The van der Waals surface area contributed by atoms with Gasteiger partial charge in [0.2, 0.25) is 5.91 Å². The van der Waals surface area contributed by atoms with E-state index in [1.165, 1.54) is 5.56 Å². The molecule has 2 aromatic rings. The molecule has 0 aliphatic heterocycles. The Morgan fingerprint density at radius 2 is 1.92 bits per heavy atom. The largest absolute Gasteiger partial charge is 0.492 e. The monoisotopic (exact) mass is 342 g/mol. The third-order valence-corrected chi connectivity index (χ3v) is 3.80. The summed E-state index contributed by atoms with van der Waals surface area (Å²) in [6, 6.07) is 15.4. The first kappa shape index (κ1) is 18.8. The zero-order valence-corrected chi connectivity index (χ0v) is 14.8. The van der Waals surface area contributed by atoms with Crippen molar-refractivity contribution in [2.24, 2.45) is 0 Å². The predicted molar refractivity (Wildman–Crippen MR) is 99.9 cm³/mol. The number of benzene rings is 2. The number of rotatable bonds is 9. The lowest BCUT2D eigenvalue weighted by Crippen LogP contribution is -2.33. The summed E-state index contributed by atoms with van der Waals surface area (Å²) in [5, 5.41) is 14.9. The number of carbonyl (C=O) groups is 1. The van der Waals surface area contributed by atoms with Crippen LogP contribution in [0.1, 0.15) is 30.9 Å². The molecule has 0 radical (unpaired) electrons. The molecule has 0 fully saturated rings. The smallest absolute Gasteiger partial charge is 0.239 e. The van der Waals surface area contributed by atoms with E-state index in [4.69, 9.17) is 9.84 Å². The highest BCUT2D eigenvalue weighted by atomic mass is 16.5. The summed E-state index contributed by atoms with van der Waals surface area (Å²) in [6.07, 6.45) is 0. The molecule has 1 amide bonds. The summed E-state index contributed by atoms with van der Waals surface area (Å²) in [5.41, 5.74) is 2.89. The van der Waals surface area contributed by atoms with Gasteiger partial charge >= 0.3 is 0 Å². The second kappa shape index (κ2) is 9.69. The van der Waals surface area contributed by atoms with Crippen molar-refractivity contribution in [3.05, 3.63) is 59.7 Å². The molecule has 2 aromatic carbocycles. The van der Waals surface area contributed by atoms with Crippen molar-refractivity contribution >= 4 is 11.6 Å². The zero-order valence-electron chi connectivity index (χ0n) is 14.8. The van der Waals surface area contributed by atoms with Crippen LogP contribution in [0.15, 0.2) is 48.5 Å². The van der Waals surface area contributed by atoms with Gasteiger partial charge in [0.05, 0.1) is 19.7 Å². The third kappa shape index (κ3) is 6.47. The molecule has 134 valence electrons. The third-order valence-electron chi connectivity index (χ3n) is 3.80. The second-order valence-corrected chi connectivity index (χ2v) is 6.13. The fourth-order valence-electron chi connectivity index (χ4n) is 2.33. The number of anilines is 1. The summed E-state index contributed by atoms with van der Waals surface area (Å²) in [4.78, 5) is 11.8. The summed E-state index contributed by atoms with van der Waals surface area (Å²) >= 11 is 0. The van der Waals surface area contributed by atoms with Gasteiger partial charge in [0.25, 0.3) is 0 Å². The molecule has 0 atom stereocenters. The molecule has 25 heavy (non-hydrogen) atoms. The molecule has 2 rings (SSSR count). The average molecular weight is 342 g/mol. The number of carbonyl (C=O) groups excluding carboxylic acids is 1. The van der Waals surface area contributed by atoms with Crippen molar-refractivity contribution in [3.63, 3.8) is 0 Å².